The van der Waals surface area contributed by atoms with E-state index < -0.39 is 11.5 Å². The van der Waals surface area contributed by atoms with Crippen LogP contribution in [-0.4, -0.2) is 51.0 Å². The number of hydrogen-bond acceptors (Lipinski definition) is 3. The number of carboxylic acids is 1. The number of aromatic nitrogens is 1. The highest BCUT2D eigenvalue weighted by atomic mass is 16.4. The van der Waals surface area contributed by atoms with E-state index in [0.29, 0.717) is 6.54 Å². The van der Waals surface area contributed by atoms with E-state index in [0.717, 1.165) is 5.69 Å². The number of carbonyl (C=O) groups is 2. The molecule has 1 heterocycles. The van der Waals surface area contributed by atoms with E-state index in [1.54, 1.807) is 23.0 Å². The number of carboxylic acid groups (broad SMARTS) is 1. The molecule has 0 aromatic carbocycles. The number of aliphatic carboxylic acids is 1. The zero-order valence-corrected chi connectivity index (χ0v) is 13.0. The molecule has 116 valence electrons. The molecule has 1 aromatic heterocycles. The second-order valence-corrected chi connectivity index (χ2v) is 5.93. The number of nitrogens with zero attached hydrogens (tertiary/aromatic N) is 3. The average molecular weight is 293 g/mol. The maximum Gasteiger partial charge on any atom is 0.320 e. The molecule has 0 unspecified atom stereocenters. The molecule has 6 heteroatoms. The van der Waals surface area contributed by atoms with E-state index in [9.17, 15) is 9.59 Å². The Hall–Kier alpha value is -2.11. The van der Waals surface area contributed by atoms with Crippen LogP contribution in [0.5, 0.6) is 0 Å². The summed E-state index contributed by atoms with van der Waals surface area (Å²) in [5.41, 5.74) is 0.353. The van der Waals surface area contributed by atoms with Crippen molar-refractivity contribution in [3.05, 3.63) is 30.1 Å². The zero-order valence-electron chi connectivity index (χ0n) is 13.0. The summed E-state index contributed by atoms with van der Waals surface area (Å²) in [5, 5.41) is 8.82. The van der Waals surface area contributed by atoms with Gasteiger partial charge in [-0.25, -0.2) is 4.79 Å². The first-order valence-electron chi connectivity index (χ1n) is 6.86. The largest absolute Gasteiger partial charge is 0.481 e. The number of rotatable bonds is 5. The van der Waals surface area contributed by atoms with Crippen LogP contribution in [0.4, 0.5) is 4.79 Å². The van der Waals surface area contributed by atoms with Gasteiger partial charge in [-0.2, -0.15) is 0 Å². The highest BCUT2D eigenvalue weighted by molar-refractivity contribution is 5.76. The van der Waals surface area contributed by atoms with Gasteiger partial charge in [0, 0.05) is 25.3 Å². The van der Waals surface area contributed by atoms with Crippen LogP contribution in [0.15, 0.2) is 24.4 Å². The van der Waals surface area contributed by atoms with Gasteiger partial charge in [-0.3, -0.25) is 9.78 Å². The third-order valence-electron chi connectivity index (χ3n) is 3.04. The third-order valence-corrected chi connectivity index (χ3v) is 3.04. The Bertz CT molecular complexity index is 483. The number of amides is 2. The summed E-state index contributed by atoms with van der Waals surface area (Å²) in [7, 11) is 1.69. The zero-order chi connectivity index (χ0) is 16.0. The van der Waals surface area contributed by atoms with Crippen LogP contribution in [0.1, 0.15) is 32.9 Å². The van der Waals surface area contributed by atoms with Crippen molar-refractivity contribution in [2.45, 2.75) is 39.3 Å². The molecule has 6 nitrogen and oxygen atoms in total. The molecule has 0 saturated heterocycles. The summed E-state index contributed by atoms with van der Waals surface area (Å²) in [6.45, 7) is 6.24. The number of urea groups is 1. The Balaban J connectivity index is 2.77. The molecule has 0 spiro atoms. The van der Waals surface area contributed by atoms with Crippen molar-refractivity contribution in [3.8, 4) is 0 Å². The third kappa shape index (κ3) is 5.41. The number of hydrogen-bond donors (Lipinski definition) is 1. The first-order valence-corrected chi connectivity index (χ1v) is 6.86. The van der Waals surface area contributed by atoms with Gasteiger partial charge in [0.15, 0.2) is 0 Å². The van der Waals surface area contributed by atoms with Gasteiger partial charge < -0.3 is 14.9 Å². The molecule has 2 amide bonds. The molecule has 21 heavy (non-hydrogen) atoms. The first-order chi connectivity index (χ1) is 9.71. The molecule has 0 bridgehead atoms. The fraction of sp³-hybridized carbons (Fsp3) is 0.533. The lowest BCUT2D eigenvalue weighted by molar-refractivity contribution is -0.137. The molecule has 0 fully saturated rings. The van der Waals surface area contributed by atoms with Gasteiger partial charge >= 0.3 is 12.0 Å². The Labute approximate surface area is 125 Å². The van der Waals surface area contributed by atoms with Crippen molar-refractivity contribution in [2.75, 3.05) is 13.6 Å². The highest BCUT2D eigenvalue weighted by Crippen LogP contribution is 2.16. The maximum absolute atomic E-state index is 12.5. The van der Waals surface area contributed by atoms with Crippen LogP contribution in [0.2, 0.25) is 0 Å². The normalized spacial score (nSPS) is 11.0. The van der Waals surface area contributed by atoms with Gasteiger partial charge in [-0.05, 0) is 32.9 Å². The molecule has 0 aliphatic carbocycles. The van der Waals surface area contributed by atoms with E-state index in [2.05, 4.69) is 4.98 Å². The van der Waals surface area contributed by atoms with Gasteiger partial charge in [-0.15, -0.1) is 0 Å². The van der Waals surface area contributed by atoms with Crippen molar-refractivity contribution in [2.24, 2.45) is 0 Å². The van der Waals surface area contributed by atoms with Crippen molar-refractivity contribution in [3.63, 3.8) is 0 Å². The Morgan fingerprint density at radius 3 is 2.43 bits per heavy atom. The molecule has 0 saturated carbocycles. The maximum atomic E-state index is 12.5. The molecule has 0 radical (unpaired) electrons. The Morgan fingerprint density at radius 1 is 1.29 bits per heavy atom. The Kier molecular flexibility index (Phi) is 5.69. The van der Waals surface area contributed by atoms with Crippen molar-refractivity contribution >= 4 is 12.0 Å². The summed E-state index contributed by atoms with van der Waals surface area (Å²) in [4.78, 5) is 30.6. The van der Waals surface area contributed by atoms with Gasteiger partial charge in [0.2, 0.25) is 0 Å². The number of pyridine rings is 1. The van der Waals surface area contributed by atoms with Crippen molar-refractivity contribution < 1.29 is 14.7 Å². The van der Waals surface area contributed by atoms with Gasteiger partial charge in [0.1, 0.15) is 0 Å². The first kappa shape index (κ1) is 16.9. The smallest absolute Gasteiger partial charge is 0.320 e. The lowest BCUT2D eigenvalue weighted by atomic mass is 10.1. The van der Waals surface area contributed by atoms with Crippen LogP contribution in [0, 0.1) is 0 Å². The summed E-state index contributed by atoms with van der Waals surface area (Å²) in [5.74, 6) is -0.913. The predicted molar refractivity (Wildman–Crippen MR) is 79.8 cm³/mol. The molecule has 0 aliphatic heterocycles. The van der Waals surface area contributed by atoms with Gasteiger partial charge in [0.05, 0.1) is 18.7 Å². The molecule has 1 aromatic rings. The van der Waals surface area contributed by atoms with E-state index in [-0.39, 0.29) is 19.0 Å². The SMILES string of the molecule is CN(Cc1ccccn1)C(=O)N(CCC(=O)O)C(C)(C)C. The van der Waals surface area contributed by atoms with Gasteiger partial charge in [0.25, 0.3) is 0 Å². The summed E-state index contributed by atoms with van der Waals surface area (Å²) in [6.07, 6.45) is 1.61. The molecule has 0 atom stereocenters. The lowest BCUT2D eigenvalue weighted by Crippen LogP contribution is -2.51. The lowest BCUT2D eigenvalue weighted by Gasteiger charge is -2.38. The minimum absolute atomic E-state index is 0.0690. The minimum Gasteiger partial charge on any atom is -0.481 e. The number of carbonyl (C=O) groups excluding carboxylic acids is 1. The highest BCUT2D eigenvalue weighted by Gasteiger charge is 2.29. The second-order valence-electron chi connectivity index (χ2n) is 5.93. The standard InChI is InChI=1S/C15H23N3O3/c1-15(2,3)18(10-8-13(19)20)14(21)17(4)11-12-7-5-6-9-16-12/h5-7,9H,8,10-11H2,1-4H3,(H,19,20). The molecular weight excluding hydrogens is 270 g/mol. The van der Waals surface area contributed by atoms with E-state index in [1.807, 2.05) is 39.0 Å². The molecular formula is C15H23N3O3. The van der Waals surface area contributed by atoms with Crippen LogP contribution in [0.25, 0.3) is 0 Å². The van der Waals surface area contributed by atoms with E-state index >= 15 is 0 Å². The monoisotopic (exact) mass is 293 g/mol. The fourth-order valence-electron chi connectivity index (χ4n) is 1.93. The minimum atomic E-state index is -0.913. The van der Waals surface area contributed by atoms with E-state index in [1.165, 1.54) is 0 Å². The van der Waals surface area contributed by atoms with Gasteiger partial charge in [-0.1, -0.05) is 6.07 Å². The van der Waals surface area contributed by atoms with E-state index in [4.69, 9.17) is 5.11 Å². The van der Waals surface area contributed by atoms with Crippen LogP contribution in [-0.2, 0) is 11.3 Å². The summed E-state index contributed by atoms with van der Waals surface area (Å²) in [6, 6.07) is 5.34. The molecule has 1 N–H and O–H groups in total. The summed E-state index contributed by atoms with van der Waals surface area (Å²) >= 11 is 0. The van der Waals surface area contributed by atoms with Crippen LogP contribution < -0.4 is 0 Å². The van der Waals surface area contributed by atoms with Crippen LogP contribution in [0.3, 0.4) is 0 Å². The average Bonchev–Trinajstić information content (AvgIpc) is 2.37. The van der Waals surface area contributed by atoms with Crippen molar-refractivity contribution in [1.29, 1.82) is 0 Å². The quantitative estimate of drug-likeness (QED) is 0.903. The topological polar surface area (TPSA) is 73.7 Å². The second kappa shape index (κ2) is 7.06. The van der Waals surface area contributed by atoms with Crippen LogP contribution >= 0.6 is 0 Å². The van der Waals surface area contributed by atoms with Crippen molar-refractivity contribution in [1.82, 2.24) is 14.8 Å². The summed E-state index contributed by atoms with van der Waals surface area (Å²) < 4.78 is 0. The molecule has 0 aliphatic rings. The predicted octanol–water partition coefficient (Wildman–Crippen LogP) is 2.21. The Morgan fingerprint density at radius 2 is 1.95 bits per heavy atom. The molecule has 1 rings (SSSR count). The fourth-order valence-corrected chi connectivity index (χ4v) is 1.93.